The maximum absolute atomic E-state index is 13.5. The van der Waals surface area contributed by atoms with Crippen molar-refractivity contribution in [2.45, 2.75) is 62.9 Å². The van der Waals surface area contributed by atoms with Crippen molar-refractivity contribution in [1.82, 2.24) is 0 Å². The van der Waals surface area contributed by atoms with Gasteiger partial charge < -0.3 is 14.6 Å². The van der Waals surface area contributed by atoms with Crippen LogP contribution in [0.5, 0.6) is 5.75 Å². The molecular weight excluding hydrogens is 468 g/mol. The van der Waals surface area contributed by atoms with Gasteiger partial charge in [-0.3, -0.25) is 0 Å². The van der Waals surface area contributed by atoms with E-state index in [4.69, 9.17) is 9.47 Å². The molecular formula is C31H34O4S. The molecule has 0 bridgehead atoms. The molecule has 1 N–H and O–H groups in total. The molecule has 1 aliphatic rings. The Morgan fingerprint density at radius 2 is 1.67 bits per heavy atom. The second kappa shape index (κ2) is 10.4. The van der Waals surface area contributed by atoms with Crippen LogP contribution in [0.2, 0.25) is 0 Å². The summed E-state index contributed by atoms with van der Waals surface area (Å²) in [5.41, 5.74) is 2.97. The zero-order valence-electron chi connectivity index (χ0n) is 21.6. The Bertz CT molecular complexity index is 1260. The second-order valence-corrected chi connectivity index (χ2v) is 11.4. The van der Waals surface area contributed by atoms with Crippen LogP contribution in [0.4, 0.5) is 0 Å². The number of esters is 1. The summed E-state index contributed by atoms with van der Waals surface area (Å²) >= 11 is 1.28. The van der Waals surface area contributed by atoms with Gasteiger partial charge in [0.15, 0.2) is 0 Å². The Balaban J connectivity index is 1.70. The van der Waals surface area contributed by atoms with E-state index in [1.807, 2.05) is 67.6 Å². The summed E-state index contributed by atoms with van der Waals surface area (Å²) in [6.07, 6.45) is 1.53. The van der Waals surface area contributed by atoms with Gasteiger partial charge in [-0.2, -0.15) is 0 Å². The number of aliphatic hydroxyl groups excluding tert-OH is 1. The molecule has 5 heteroatoms. The van der Waals surface area contributed by atoms with Crippen LogP contribution in [-0.4, -0.2) is 18.2 Å². The first kappa shape index (κ1) is 25.9. The number of carbonyl (C=O) groups excluding carboxylic acids is 1. The van der Waals surface area contributed by atoms with Crippen LogP contribution in [0.3, 0.4) is 0 Å². The van der Waals surface area contributed by atoms with Crippen molar-refractivity contribution in [1.29, 1.82) is 0 Å². The van der Waals surface area contributed by atoms with Gasteiger partial charge in [-0.1, -0.05) is 93.2 Å². The third kappa shape index (κ3) is 5.46. The van der Waals surface area contributed by atoms with E-state index in [-0.39, 0.29) is 22.5 Å². The van der Waals surface area contributed by atoms with Crippen LogP contribution in [-0.2, 0) is 27.0 Å². The molecule has 0 aromatic heterocycles. The SMILES string of the molecule is COc1cc(C(C)(C)C)c(SC2=C(O)CC(CCc3ccccc3)(c3ccccc3)OC2=O)cc1C. The number of rotatable bonds is 7. The van der Waals surface area contributed by atoms with Gasteiger partial charge in [0, 0.05) is 4.90 Å². The summed E-state index contributed by atoms with van der Waals surface area (Å²) < 4.78 is 11.8. The van der Waals surface area contributed by atoms with E-state index in [2.05, 4.69) is 32.9 Å². The van der Waals surface area contributed by atoms with Crippen molar-refractivity contribution in [3.05, 3.63) is 106 Å². The lowest BCUT2D eigenvalue weighted by Crippen LogP contribution is -2.38. The molecule has 0 amide bonds. The van der Waals surface area contributed by atoms with Gasteiger partial charge in [0.25, 0.3) is 0 Å². The lowest BCUT2D eigenvalue weighted by atomic mass is 9.82. The molecule has 0 aliphatic carbocycles. The predicted octanol–water partition coefficient (Wildman–Crippen LogP) is 7.64. The van der Waals surface area contributed by atoms with Gasteiger partial charge in [-0.15, -0.1) is 0 Å². The molecule has 1 aliphatic heterocycles. The zero-order chi connectivity index (χ0) is 25.9. The molecule has 3 aromatic carbocycles. The number of ether oxygens (including phenoxy) is 2. The van der Waals surface area contributed by atoms with Gasteiger partial charge in [0.05, 0.1) is 13.5 Å². The first-order valence-corrected chi connectivity index (χ1v) is 13.1. The fourth-order valence-corrected chi connectivity index (χ4v) is 5.91. The lowest BCUT2D eigenvalue weighted by Gasteiger charge is -2.38. The van der Waals surface area contributed by atoms with Crippen molar-refractivity contribution in [3.63, 3.8) is 0 Å². The maximum atomic E-state index is 13.5. The molecule has 4 rings (SSSR count). The smallest absolute Gasteiger partial charge is 0.349 e. The number of benzene rings is 3. The Morgan fingerprint density at radius 1 is 1.03 bits per heavy atom. The predicted molar refractivity (Wildman–Crippen MR) is 146 cm³/mol. The topological polar surface area (TPSA) is 55.8 Å². The summed E-state index contributed by atoms with van der Waals surface area (Å²) in [6.45, 7) is 8.35. The van der Waals surface area contributed by atoms with Crippen LogP contribution >= 0.6 is 11.8 Å². The molecule has 1 unspecified atom stereocenters. The van der Waals surface area contributed by atoms with E-state index >= 15 is 0 Å². The summed E-state index contributed by atoms with van der Waals surface area (Å²) in [5, 5.41) is 11.3. The molecule has 36 heavy (non-hydrogen) atoms. The number of thioether (sulfide) groups is 1. The normalized spacial score (nSPS) is 18.2. The van der Waals surface area contributed by atoms with Crippen molar-refractivity contribution in [2.75, 3.05) is 7.11 Å². The number of hydrogen-bond acceptors (Lipinski definition) is 5. The van der Waals surface area contributed by atoms with Gasteiger partial charge in [0.1, 0.15) is 22.0 Å². The highest BCUT2D eigenvalue weighted by molar-refractivity contribution is 8.04. The van der Waals surface area contributed by atoms with Crippen LogP contribution in [0.25, 0.3) is 0 Å². The fraction of sp³-hybridized carbons (Fsp3) is 0.323. The minimum atomic E-state index is -0.926. The van der Waals surface area contributed by atoms with Gasteiger partial charge in [-0.25, -0.2) is 4.79 Å². The van der Waals surface area contributed by atoms with Gasteiger partial charge in [-0.05, 0) is 59.6 Å². The molecule has 1 atom stereocenters. The average Bonchev–Trinajstić information content (AvgIpc) is 2.85. The highest BCUT2D eigenvalue weighted by Crippen LogP contribution is 2.47. The maximum Gasteiger partial charge on any atom is 0.349 e. The molecule has 0 saturated heterocycles. The van der Waals surface area contributed by atoms with Crippen molar-refractivity contribution < 1.29 is 19.4 Å². The number of hydrogen-bond donors (Lipinski definition) is 1. The highest BCUT2D eigenvalue weighted by Gasteiger charge is 2.43. The largest absolute Gasteiger partial charge is 0.511 e. The van der Waals surface area contributed by atoms with Gasteiger partial charge >= 0.3 is 5.97 Å². The molecule has 0 spiro atoms. The molecule has 188 valence electrons. The number of cyclic esters (lactones) is 1. The van der Waals surface area contributed by atoms with Crippen LogP contribution in [0.1, 0.15) is 55.9 Å². The first-order valence-electron chi connectivity index (χ1n) is 12.2. The third-order valence-corrected chi connectivity index (χ3v) is 7.83. The molecule has 3 aromatic rings. The quantitative estimate of drug-likeness (QED) is 0.337. The Morgan fingerprint density at radius 3 is 2.25 bits per heavy atom. The summed E-state index contributed by atoms with van der Waals surface area (Å²) in [6, 6.07) is 23.9. The number of carbonyl (C=O) groups is 1. The van der Waals surface area contributed by atoms with Crippen molar-refractivity contribution in [3.8, 4) is 5.75 Å². The summed E-state index contributed by atoms with van der Waals surface area (Å²) in [7, 11) is 1.66. The van der Waals surface area contributed by atoms with Crippen molar-refractivity contribution in [2.24, 2.45) is 0 Å². The van der Waals surface area contributed by atoms with Crippen LogP contribution in [0, 0.1) is 6.92 Å². The van der Waals surface area contributed by atoms with E-state index in [9.17, 15) is 9.90 Å². The van der Waals surface area contributed by atoms with Crippen molar-refractivity contribution >= 4 is 17.7 Å². The van der Waals surface area contributed by atoms with E-state index in [1.165, 1.54) is 11.8 Å². The minimum Gasteiger partial charge on any atom is -0.511 e. The highest BCUT2D eigenvalue weighted by atomic mass is 32.2. The average molecular weight is 503 g/mol. The first-order chi connectivity index (χ1) is 17.1. The monoisotopic (exact) mass is 502 g/mol. The Hall–Kier alpha value is -3.18. The third-order valence-electron chi connectivity index (χ3n) is 6.67. The molecule has 1 heterocycles. The number of aliphatic hydroxyl groups is 1. The summed E-state index contributed by atoms with van der Waals surface area (Å²) in [5.74, 6) is 0.383. The lowest BCUT2D eigenvalue weighted by molar-refractivity contribution is -0.160. The van der Waals surface area contributed by atoms with Crippen LogP contribution in [0.15, 0.2) is 88.4 Å². The minimum absolute atomic E-state index is 0.0708. The van der Waals surface area contributed by atoms with E-state index in [1.54, 1.807) is 7.11 Å². The van der Waals surface area contributed by atoms with E-state index in [0.717, 1.165) is 39.3 Å². The fourth-order valence-electron chi connectivity index (χ4n) is 4.67. The van der Waals surface area contributed by atoms with Crippen LogP contribution < -0.4 is 4.74 Å². The number of aryl methyl sites for hydroxylation is 2. The molecule has 0 fully saturated rings. The Labute approximate surface area is 218 Å². The number of methoxy groups -OCH3 is 1. The van der Waals surface area contributed by atoms with E-state index < -0.39 is 11.6 Å². The standard InChI is InChI=1S/C31H34O4S/c1-21-18-27(24(30(2,3)4)19-26(21)34-5)36-28-25(32)20-31(35-29(28)33,23-14-10-7-11-15-23)17-16-22-12-8-6-9-13-22/h6-15,18-19,32H,16-17,20H2,1-5H3. The Kier molecular flexibility index (Phi) is 7.51. The summed E-state index contributed by atoms with van der Waals surface area (Å²) in [4.78, 5) is 14.7. The second-order valence-electron chi connectivity index (χ2n) is 10.4. The molecule has 0 saturated carbocycles. The zero-order valence-corrected chi connectivity index (χ0v) is 22.4. The van der Waals surface area contributed by atoms with E-state index in [0.29, 0.717) is 6.42 Å². The van der Waals surface area contributed by atoms with Gasteiger partial charge in [0.2, 0.25) is 0 Å². The molecule has 4 nitrogen and oxygen atoms in total. The molecule has 0 radical (unpaired) electrons.